The lowest BCUT2D eigenvalue weighted by Crippen LogP contribution is -2.23. The topological polar surface area (TPSA) is 26.3 Å². The number of allylic oxidation sites excluding steroid dienone is 1. The van der Waals surface area contributed by atoms with Crippen LogP contribution < -0.4 is 0 Å². The summed E-state index contributed by atoms with van der Waals surface area (Å²) in [5, 5.41) is 0. The van der Waals surface area contributed by atoms with Crippen LogP contribution in [-0.2, 0) is 9.53 Å². The molecule has 0 aliphatic rings. The lowest BCUT2D eigenvalue weighted by molar-refractivity contribution is -0.148. The predicted octanol–water partition coefficient (Wildman–Crippen LogP) is 2.93. The van der Waals surface area contributed by atoms with E-state index in [1.54, 1.807) is 20.8 Å². The first-order chi connectivity index (χ1) is 6.16. The number of hydrogen-bond acceptors (Lipinski definition) is 2. The van der Waals surface area contributed by atoms with Gasteiger partial charge in [-0.05, 0) is 26.8 Å². The molecule has 0 saturated carbocycles. The zero-order valence-electron chi connectivity index (χ0n) is 8.93. The van der Waals surface area contributed by atoms with Crippen molar-refractivity contribution in [2.45, 2.75) is 45.6 Å². The third-order valence-electron chi connectivity index (χ3n) is 1.34. The standard InChI is InChI=1S/C10H16F2O2/c1-5-10(11,12)7-6-8(13)14-9(2,3)4/h6-7H,5H2,1-4H3. The molecular weight excluding hydrogens is 190 g/mol. The Labute approximate surface area is 82.9 Å². The van der Waals surface area contributed by atoms with Crippen molar-refractivity contribution in [2.75, 3.05) is 0 Å². The first-order valence-corrected chi connectivity index (χ1v) is 4.46. The van der Waals surface area contributed by atoms with E-state index in [1.807, 2.05) is 0 Å². The Hall–Kier alpha value is -0.930. The van der Waals surface area contributed by atoms with Crippen molar-refractivity contribution in [3.05, 3.63) is 12.2 Å². The number of alkyl halides is 2. The molecule has 0 aromatic carbocycles. The molecule has 0 bridgehead atoms. The van der Waals surface area contributed by atoms with Crippen molar-refractivity contribution in [3.63, 3.8) is 0 Å². The summed E-state index contributed by atoms with van der Waals surface area (Å²) in [4.78, 5) is 11.0. The van der Waals surface area contributed by atoms with Crippen LogP contribution in [0.15, 0.2) is 12.2 Å². The second kappa shape index (κ2) is 4.53. The van der Waals surface area contributed by atoms with Gasteiger partial charge in [0.2, 0.25) is 0 Å². The summed E-state index contributed by atoms with van der Waals surface area (Å²) >= 11 is 0. The van der Waals surface area contributed by atoms with Crippen molar-refractivity contribution in [3.8, 4) is 0 Å². The highest BCUT2D eigenvalue weighted by Gasteiger charge is 2.22. The Morgan fingerprint density at radius 3 is 2.21 bits per heavy atom. The largest absolute Gasteiger partial charge is 0.457 e. The van der Waals surface area contributed by atoms with Crippen LogP contribution in [0.2, 0.25) is 0 Å². The molecule has 14 heavy (non-hydrogen) atoms. The molecular formula is C10H16F2O2. The number of halogens is 2. The number of carbonyl (C=O) groups is 1. The second-order valence-electron chi connectivity index (χ2n) is 3.98. The summed E-state index contributed by atoms with van der Waals surface area (Å²) in [6, 6.07) is 0. The molecule has 0 unspecified atom stereocenters. The SMILES string of the molecule is CCC(F)(F)C=CC(=O)OC(C)(C)C. The van der Waals surface area contributed by atoms with Gasteiger partial charge in [-0.15, -0.1) is 0 Å². The maximum Gasteiger partial charge on any atom is 0.331 e. The summed E-state index contributed by atoms with van der Waals surface area (Å²) < 4.78 is 30.1. The molecule has 2 nitrogen and oxygen atoms in total. The molecule has 0 saturated heterocycles. The van der Waals surface area contributed by atoms with Crippen LogP contribution in [0, 0.1) is 0 Å². The van der Waals surface area contributed by atoms with E-state index in [-0.39, 0.29) is 6.42 Å². The molecule has 0 amide bonds. The van der Waals surface area contributed by atoms with Gasteiger partial charge in [0, 0.05) is 12.5 Å². The Morgan fingerprint density at radius 2 is 1.86 bits per heavy atom. The van der Waals surface area contributed by atoms with Crippen molar-refractivity contribution in [1.29, 1.82) is 0 Å². The monoisotopic (exact) mass is 206 g/mol. The van der Waals surface area contributed by atoms with Gasteiger partial charge in [0.05, 0.1) is 0 Å². The summed E-state index contributed by atoms with van der Waals surface area (Å²) in [6.45, 7) is 6.38. The number of esters is 1. The Kier molecular flexibility index (Phi) is 4.23. The molecule has 0 fully saturated rings. The Bertz CT molecular complexity index is 227. The average molecular weight is 206 g/mol. The van der Waals surface area contributed by atoms with E-state index in [9.17, 15) is 13.6 Å². The highest BCUT2D eigenvalue weighted by molar-refractivity contribution is 5.82. The van der Waals surface area contributed by atoms with Gasteiger partial charge in [0.1, 0.15) is 5.60 Å². The van der Waals surface area contributed by atoms with Crippen LogP contribution in [-0.4, -0.2) is 17.5 Å². The smallest absolute Gasteiger partial charge is 0.331 e. The molecule has 82 valence electrons. The van der Waals surface area contributed by atoms with Crippen LogP contribution in [0.3, 0.4) is 0 Å². The van der Waals surface area contributed by atoms with Gasteiger partial charge in [-0.1, -0.05) is 6.92 Å². The van der Waals surface area contributed by atoms with Crippen molar-refractivity contribution >= 4 is 5.97 Å². The van der Waals surface area contributed by atoms with E-state index in [2.05, 4.69) is 0 Å². The fourth-order valence-corrected chi connectivity index (χ4v) is 0.644. The van der Waals surface area contributed by atoms with Crippen molar-refractivity contribution in [2.24, 2.45) is 0 Å². The lowest BCUT2D eigenvalue weighted by Gasteiger charge is -2.18. The zero-order valence-corrected chi connectivity index (χ0v) is 8.93. The maximum absolute atomic E-state index is 12.7. The highest BCUT2D eigenvalue weighted by atomic mass is 19.3. The summed E-state index contributed by atoms with van der Waals surface area (Å²) in [7, 11) is 0. The van der Waals surface area contributed by atoms with Crippen molar-refractivity contribution < 1.29 is 18.3 Å². The summed E-state index contributed by atoms with van der Waals surface area (Å²) in [5.74, 6) is -3.68. The van der Waals surface area contributed by atoms with Crippen LogP contribution in [0.4, 0.5) is 8.78 Å². The van der Waals surface area contributed by atoms with E-state index < -0.39 is 17.5 Å². The number of carbonyl (C=O) groups excluding carboxylic acids is 1. The van der Waals surface area contributed by atoms with Crippen LogP contribution in [0.5, 0.6) is 0 Å². The molecule has 0 heterocycles. The van der Waals surface area contributed by atoms with E-state index in [0.29, 0.717) is 6.08 Å². The third kappa shape index (κ3) is 6.57. The normalized spacial score (nSPS) is 13.3. The van der Waals surface area contributed by atoms with E-state index in [1.165, 1.54) is 6.92 Å². The quantitative estimate of drug-likeness (QED) is 0.524. The van der Waals surface area contributed by atoms with E-state index >= 15 is 0 Å². The van der Waals surface area contributed by atoms with Gasteiger partial charge in [-0.3, -0.25) is 0 Å². The molecule has 0 aromatic rings. The van der Waals surface area contributed by atoms with Crippen LogP contribution >= 0.6 is 0 Å². The molecule has 0 atom stereocenters. The predicted molar refractivity (Wildman–Crippen MR) is 50.2 cm³/mol. The Balaban J connectivity index is 4.20. The van der Waals surface area contributed by atoms with Gasteiger partial charge in [-0.25, -0.2) is 13.6 Å². The fraction of sp³-hybridized carbons (Fsp3) is 0.700. The van der Waals surface area contributed by atoms with E-state index in [4.69, 9.17) is 4.74 Å². The summed E-state index contributed by atoms with van der Waals surface area (Å²) in [6.07, 6.45) is 1.02. The number of hydrogen-bond donors (Lipinski definition) is 0. The van der Waals surface area contributed by atoms with Crippen LogP contribution in [0.25, 0.3) is 0 Å². The minimum atomic E-state index is -2.93. The van der Waals surface area contributed by atoms with Gasteiger partial charge in [-0.2, -0.15) is 0 Å². The maximum atomic E-state index is 12.7. The van der Waals surface area contributed by atoms with Gasteiger partial charge < -0.3 is 4.74 Å². The molecule has 0 radical (unpaired) electrons. The highest BCUT2D eigenvalue weighted by Crippen LogP contribution is 2.19. The minimum absolute atomic E-state index is 0.327. The fourth-order valence-electron chi connectivity index (χ4n) is 0.644. The minimum Gasteiger partial charge on any atom is -0.457 e. The van der Waals surface area contributed by atoms with Crippen LogP contribution in [0.1, 0.15) is 34.1 Å². The molecule has 0 aliphatic carbocycles. The van der Waals surface area contributed by atoms with Gasteiger partial charge in [0.25, 0.3) is 5.92 Å². The number of ether oxygens (including phenoxy) is 1. The molecule has 4 heteroatoms. The van der Waals surface area contributed by atoms with Gasteiger partial charge >= 0.3 is 5.97 Å². The molecule has 0 rings (SSSR count). The third-order valence-corrected chi connectivity index (χ3v) is 1.34. The van der Waals surface area contributed by atoms with E-state index in [0.717, 1.165) is 6.08 Å². The van der Waals surface area contributed by atoms with Gasteiger partial charge in [0.15, 0.2) is 0 Å². The average Bonchev–Trinajstić information content (AvgIpc) is 1.98. The molecule has 0 spiro atoms. The number of rotatable bonds is 3. The first-order valence-electron chi connectivity index (χ1n) is 4.46. The molecule has 0 N–H and O–H groups in total. The summed E-state index contributed by atoms with van der Waals surface area (Å²) in [5.41, 5.74) is -0.650. The molecule has 0 aromatic heterocycles. The lowest BCUT2D eigenvalue weighted by atomic mass is 10.2. The first kappa shape index (κ1) is 13.1. The van der Waals surface area contributed by atoms with Crippen molar-refractivity contribution in [1.82, 2.24) is 0 Å². The Morgan fingerprint density at radius 1 is 1.36 bits per heavy atom. The zero-order chi connectivity index (χ0) is 11.4. The molecule has 0 aliphatic heterocycles. The second-order valence-corrected chi connectivity index (χ2v) is 3.98.